The Morgan fingerprint density at radius 1 is 1.31 bits per heavy atom. The minimum Gasteiger partial charge on any atom is -0.126 e. The molecular formula is C15H18S. The predicted molar refractivity (Wildman–Crippen MR) is 71.7 cm³/mol. The van der Waals surface area contributed by atoms with Crippen LogP contribution in [0.3, 0.4) is 0 Å². The number of benzene rings is 1. The molecule has 1 heteroatoms. The zero-order valence-electron chi connectivity index (χ0n) is 9.83. The average Bonchev–Trinajstić information content (AvgIpc) is 2.80. The molecule has 1 aliphatic rings. The highest BCUT2D eigenvalue weighted by Crippen LogP contribution is 2.31. The van der Waals surface area contributed by atoms with Gasteiger partial charge >= 0.3 is 0 Å². The lowest BCUT2D eigenvalue weighted by Gasteiger charge is -2.08. The van der Waals surface area contributed by atoms with Crippen molar-refractivity contribution in [2.24, 2.45) is 5.92 Å². The van der Waals surface area contributed by atoms with Crippen molar-refractivity contribution in [2.75, 3.05) is 5.75 Å². The van der Waals surface area contributed by atoms with Gasteiger partial charge in [-0.2, -0.15) is 0 Å². The fourth-order valence-corrected chi connectivity index (χ4v) is 3.35. The molecule has 0 heterocycles. The van der Waals surface area contributed by atoms with Crippen LogP contribution >= 0.6 is 11.8 Å². The van der Waals surface area contributed by atoms with Crippen LogP contribution in [0.25, 0.3) is 0 Å². The van der Waals surface area contributed by atoms with Crippen LogP contribution in [0, 0.1) is 17.8 Å². The van der Waals surface area contributed by atoms with Crippen LogP contribution in [0.4, 0.5) is 0 Å². The molecule has 16 heavy (non-hydrogen) atoms. The van der Waals surface area contributed by atoms with Gasteiger partial charge < -0.3 is 0 Å². The fraction of sp³-hybridized carbons (Fsp3) is 0.467. The molecule has 2 rings (SSSR count). The van der Waals surface area contributed by atoms with Crippen LogP contribution in [0.2, 0.25) is 0 Å². The van der Waals surface area contributed by atoms with E-state index in [-0.39, 0.29) is 0 Å². The minimum absolute atomic E-state index is 0.950. The molecule has 0 saturated heterocycles. The van der Waals surface area contributed by atoms with E-state index in [9.17, 15) is 0 Å². The van der Waals surface area contributed by atoms with Crippen molar-refractivity contribution in [1.82, 2.24) is 0 Å². The molecule has 1 aromatic rings. The second kappa shape index (κ2) is 6.01. The second-order valence-electron chi connectivity index (χ2n) is 4.36. The Morgan fingerprint density at radius 3 is 2.88 bits per heavy atom. The molecular weight excluding hydrogens is 212 g/mol. The Morgan fingerprint density at radius 2 is 2.12 bits per heavy atom. The highest BCUT2D eigenvalue weighted by molar-refractivity contribution is 7.99. The molecule has 0 spiro atoms. The van der Waals surface area contributed by atoms with Gasteiger partial charge in [0.2, 0.25) is 0 Å². The van der Waals surface area contributed by atoms with E-state index in [1.165, 1.54) is 36.3 Å². The van der Waals surface area contributed by atoms with Crippen LogP contribution in [-0.4, -0.2) is 5.75 Å². The highest BCUT2D eigenvalue weighted by atomic mass is 32.2. The van der Waals surface area contributed by atoms with Gasteiger partial charge in [-0.1, -0.05) is 24.8 Å². The van der Waals surface area contributed by atoms with E-state index in [0.29, 0.717) is 0 Å². The molecule has 0 atom stereocenters. The van der Waals surface area contributed by atoms with Crippen molar-refractivity contribution in [2.45, 2.75) is 37.5 Å². The van der Waals surface area contributed by atoms with Crippen molar-refractivity contribution in [3.63, 3.8) is 0 Å². The van der Waals surface area contributed by atoms with Crippen molar-refractivity contribution >= 4 is 11.8 Å². The first-order valence-electron chi connectivity index (χ1n) is 6.04. The molecule has 0 unspecified atom stereocenters. The summed E-state index contributed by atoms with van der Waals surface area (Å²) in [6.07, 6.45) is 5.74. The Kier molecular flexibility index (Phi) is 4.36. The molecule has 0 aromatic heterocycles. The standard InChI is InChI=1S/C15H18S/c1-2-6-13-9-5-10-15(11-13)16-12-14-7-3-4-8-14/h5,9-11,14H,3-4,7-8,12H2,1H3. The summed E-state index contributed by atoms with van der Waals surface area (Å²) in [7, 11) is 0. The Labute approximate surface area is 103 Å². The SMILES string of the molecule is CC#Cc1cccc(SCC2CCCC2)c1. The molecule has 1 aliphatic carbocycles. The molecule has 0 amide bonds. The monoisotopic (exact) mass is 230 g/mol. The largest absolute Gasteiger partial charge is 0.126 e. The van der Waals surface area contributed by atoms with Crippen LogP contribution < -0.4 is 0 Å². The first-order chi connectivity index (χ1) is 7.88. The molecule has 1 aromatic carbocycles. The number of hydrogen-bond acceptors (Lipinski definition) is 1. The van der Waals surface area contributed by atoms with Gasteiger partial charge in [0.25, 0.3) is 0 Å². The molecule has 1 saturated carbocycles. The third kappa shape index (κ3) is 3.32. The van der Waals surface area contributed by atoms with E-state index in [1.807, 2.05) is 18.7 Å². The molecule has 0 nitrogen and oxygen atoms in total. The lowest BCUT2D eigenvalue weighted by atomic mass is 10.1. The maximum atomic E-state index is 3.11. The Hall–Kier alpha value is -0.870. The quantitative estimate of drug-likeness (QED) is 0.550. The molecule has 0 bridgehead atoms. The average molecular weight is 230 g/mol. The normalized spacial score (nSPS) is 15.8. The summed E-state index contributed by atoms with van der Waals surface area (Å²) in [5, 5.41) is 0. The summed E-state index contributed by atoms with van der Waals surface area (Å²) >= 11 is 1.99. The molecule has 0 aliphatic heterocycles. The Bertz CT molecular complexity index is 391. The summed E-state index contributed by atoms with van der Waals surface area (Å²) in [5.74, 6) is 8.29. The fourth-order valence-electron chi connectivity index (χ4n) is 2.20. The number of rotatable bonds is 3. The van der Waals surface area contributed by atoms with Gasteiger partial charge in [-0.15, -0.1) is 17.7 Å². The summed E-state index contributed by atoms with van der Waals surface area (Å²) in [5.41, 5.74) is 1.14. The molecule has 84 valence electrons. The maximum Gasteiger partial charge on any atom is 0.0256 e. The lowest BCUT2D eigenvalue weighted by Crippen LogP contribution is -1.96. The minimum atomic E-state index is 0.950. The van der Waals surface area contributed by atoms with E-state index in [4.69, 9.17) is 0 Å². The van der Waals surface area contributed by atoms with Crippen molar-refractivity contribution in [3.05, 3.63) is 29.8 Å². The van der Waals surface area contributed by atoms with Gasteiger partial charge in [0.15, 0.2) is 0 Å². The summed E-state index contributed by atoms with van der Waals surface area (Å²) in [6.45, 7) is 1.89. The molecule has 0 radical (unpaired) electrons. The topological polar surface area (TPSA) is 0 Å². The predicted octanol–water partition coefficient (Wildman–Crippen LogP) is 4.34. The van der Waals surface area contributed by atoms with Gasteiger partial charge in [-0.05, 0) is 43.9 Å². The van der Waals surface area contributed by atoms with E-state index in [0.717, 1.165) is 11.5 Å². The van der Waals surface area contributed by atoms with Gasteiger partial charge in [-0.3, -0.25) is 0 Å². The highest BCUT2D eigenvalue weighted by Gasteiger charge is 2.14. The third-order valence-corrected chi connectivity index (χ3v) is 4.29. The molecule has 1 fully saturated rings. The Balaban J connectivity index is 1.92. The van der Waals surface area contributed by atoms with Gasteiger partial charge in [0.05, 0.1) is 0 Å². The van der Waals surface area contributed by atoms with Crippen LogP contribution in [0.5, 0.6) is 0 Å². The van der Waals surface area contributed by atoms with Crippen LogP contribution in [0.15, 0.2) is 29.2 Å². The maximum absolute atomic E-state index is 3.11. The van der Waals surface area contributed by atoms with Gasteiger partial charge in [-0.25, -0.2) is 0 Å². The number of hydrogen-bond donors (Lipinski definition) is 0. The zero-order chi connectivity index (χ0) is 11.2. The summed E-state index contributed by atoms with van der Waals surface area (Å²) in [4.78, 5) is 1.37. The van der Waals surface area contributed by atoms with E-state index in [2.05, 4.69) is 36.1 Å². The lowest BCUT2D eigenvalue weighted by molar-refractivity contribution is 0.623. The number of thioether (sulfide) groups is 1. The molecule has 0 N–H and O–H groups in total. The van der Waals surface area contributed by atoms with E-state index < -0.39 is 0 Å². The van der Waals surface area contributed by atoms with E-state index in [1.54, 1.807) is 0 Å². The third-order valence-electron chi connectivity index (χ3n) is 3.06. The smallest absolute Gasteiger partial charge is 0.0256 e. The van der Waals surface area contributed by atoms with Crippen molar-refractivity contribution < 1.29 is 0 Å². The first kappa shape index (κ1) is 11.6. The zero-order valence-corrected chi connectivity index (χ0v) is 10.6. The van der Waals surface area contributed by atoms with E-state index >= 15 is 0 Å². The van der Waals surface area contributed by atoms with Gasteiger partial charge in [0, 0.05) is 16.2 Å². The summed E-state index contributed by atoms with van der Waals surface area (Å²) < 4.78 is 0. The first-order valence-corrected chi connectivity index (χ1v) is 7.02. The summed E-state index contributed by atoms with van der Waals surface area (Å²) in [6, 6.07) is 8.59. The van der Waals surface area contributed by atoms with Crippen LogP contribution in [0.1, 0.15) is 38.2 Å². The van der Waals surface area contributed by atoms with Crippen LogP contribution in [-0.2, 0) is 0 Å². The van der Waals surface area contributed by atoms with Crippen molar-refractivity contribution in [1.29, 1.82) is 0 Å². The second-order valence-corrected chi connectivity index (χ2v) is 5.46. The van der Waals surface area contributed by atoms with Gasteiger partial charge in [0.1, 0.15) is 0 Å². The van der Waals surface area contributed by atoms with Crippen molar-refractivity contribution in [3.8, 4) is 11.8 Å².